The molecule has 0 atom stereocenters. The lowest BCUT2D eigenvalue weighted by Crippen LogP contribution is -2.35. The van der Waals surface area contributed by atoms with Crippen LogP contribution in [0.25, 0.3) is 0 Å². The highest BCUT2D eigenvalue weighted by molar-refractivity contribution is 5.71. The van der Waals surface area contributed by atoms with E-state index in [9.17, 15) is 4.79 Å². The van der Waals surface area contributed by atoms with E-state index >= 15 is 0 Å². The second-order valence-electron chi connectivity index (χ2n) is 4.38. The molecule has 0 N–H and O–H groups in total. The van der Waals surface area contributed by atoms with Gasteiger partial charge in [-0.15, -0.1) is 0 Å². The molecule has 0 unspecified atom stereocenters. The average Bonchev–Trinajstić information content (AvgIpc) is 2.59. The topological polar surface area (TPSA) is 55.6 Å². The molecule has 0 aliphatic heterocycles. The Bertz CT molecular complexity index is 366. The monoisotopic (exact) mass is 240 g/mol. The van der Waals surface area contributed by atoms with Crippen LogP contribution in [0.1, 0.15) is 30.9 Å². The molecule has 0 spiro atoms. The van der Waals surface area contributed by atoms with E-state index in [0.717, 1.165) is 17.0 Å². The van der Waals surface area contributed by atoms with Gasteiger partial charge in [-0.05, 0) is 27.7 Å². The number of nitrogens with zero attached hydrogens (tertiary/aromatic N) is 2. The summed E-state index contributed by atoms with van der Waals surface area (Å²) in [6, 6.07) is 0.253. The van der Waals surface area contributed by atoms with Crippen LogP contribution in [0.4, 0.5) is 0 Å². The van der Waals surface area contributed by atoms with Crippen molar-refractivity contribution < 1.29 is 14.1 Å². The second-order valence-corrected chi connectivity index (χ2v) is 4.38. The molecule has 0 saturated carbocycles. The van der Waals surface area contributed by atoms with E-state index in [2.05, 4.69) is 5.16 Å². The van der Waals surface area contributed by atoms with Gasteiger partial charge in [0.25, 0.3) is 0 Å². The maximum absolute atomic E-state index is 11.3. The van der Waals surface area contributed by atoms with Crippen molar-refractivity contribution >= 4 is 5.97 Å². The predicted molar refractivity (Wildman–Crippen MR) is 63.5 cm³/mol. The van der Waals surface area contributed by atoms with Gasteiger partial charge < -0.3 is 9.26 Å². The molecule has 1 aromatic rings. The molecule has 0 aliphatic carbocycles. The number of carbonyl (C=O) groups excluding carboxylic acids is 1. The van der Waals surface area contributed by atoms with Crippen LogP contribution in [-0.4, -0.2) is 35.7 Å². The minimum absolute atomic E-state index is 0.231. The molecule has 5 heteroatoms. The zero-order chi connectivity index (χ0) is 13.0. The predicted octanol–water partition coefficient (Wildman–Crippen LogP) is 1.67. The van der Waals surface area contributed by atoms with Gasteiger partial charge in [-0.25, -0.2) is 0 Å². The molecule has 0 bridgehead atoms. The fraction of sp³-hybridized carbons (Fsp3) is 0.667. The van der Waals surface area contributed by atoms with Crippen LogP contribution < -0.4 is 0 Å². The molecule has 1 heterocycles. The van der Waals surface area contributed by atoms with Crippen LogP contribution >= 0.6 is 0 Å². The van der Waals surface area contributed by atoms with Crippen molar-refractivity contribution in [3.05, 3.63) is 17.0 Å². The van der Waals surface area contributed by atoms with E-state index in [0.29, 0.717) is 6.54 Å². The summed E-state index contributed by atoms with van der Waals surface area (Å²) in [7, 11) is 1.40. The lowest BCUT2D eigenvalue weighted by Gasteiger charge is -2.24. The van der Waals surface area contributed by atoms with Crippen molar-refractivity contribution in [1.29, 1.82) is 0 Å². The fourth-order valence-electron chi connectivity index (χ4n) is 1.58. The van der Waals surface area contributed by atoms with Gasteiger partial charge in [0.2, 0.25) is 0 Å². The maximum atomic E-state index is 11.3. The summed E-state index contributed by atoms with van der Waals surface area (Å²) in [5.41, 5.74) is 1.92. The van der Waals surface area contributed by atoms with E-state index in [1.54, 1.807) is 0 Å². The minimum atomic E-state index is -0.231. The second kappa shape index (κ2) is 5.82. The number of aryl methyl sites for hydroxylation is 2. The smallest absolute Gasteiger partial charge is 0.319 e. The van der Waals surface area contributed by atoms with Crippen LogP contribution in [0.3, 0.4) is 0 Å². The lowest BCUT2D eigenvalue weighted by atomic mass is 10.1. The van der Waals surface area contributed by atoms with E-state index in [-0.39, 0.29) is 18.6 Å². The van der Waals surface area contributed by atoms with E-state index in [1.165, 1.54) is 7.11 Å². The third-order valence-electron chi connectivity index (χ3n) is 2.83. The van der Waals surface area contributed by atoms with Crippen molar-refractivity contribution in [3.8, 4) is 0 Å². The number of hydrogen-bond donors (Lipinski definition) is 0. The Kier molecular flexibility index (Phi) is 4.69. The molecule has 17 heavy (non-hydrogen) atoms. The Morgan fingerprint density at radius 1 is 1.47 bits per heavy atom. The molecule has 0 saturated heterocycles. The summed E-state index contributed by atoms with van der Waals surface area (Å²) >= 11 is 0. The van der Waals surface area contributed by atoms with Gasteiger partial charge in [0, 0.05) is 18.2 Å². The molecule has 1 rings (SSSR count). The summed E-state index contributed by atoms with van der Waals surface area (Å²) in [5.74, 6) is 0.573. The Balaban J connectivity index is 2.77. The Labute approximate surface area is 102 Å². The van der Waals surface area contributed by atoms with E-state index in [4.69, 9.17) is 9.26 Å². The molecule has 0 amide bonds. The standard InChI is InChI=1S/C12H20N2O3/c1-8(2)14(7-12(15)16-5)6-11-9(3)13-17-10(11)4/h8H,6-7H2,1-5H3. The Morgan fingerprint density at radius 3 is 2.53 bits per heavy atom. The third kappa shape index (κ3) is 3.56. The van der Waals surface area contributed by atoms with Gasteiger partial charge in [-0.3, -0.25) is 9.69 Å². The van der Waals surface area contributed by atoms with Crippen molar-refractivity contribution in [2.75, 3.05) is 13.7 Å². The van der Waals surface area contributed by atoms with Crippen molar-refractivity contribution in [2.45, 2.75) is 40.3 Å². The van der Waals surface area contributed by atoms with Gasteiger partial charge >= 0.3 is 5.97 Å². The quantitative estimate of drug-likeness (QED) is 0.733. The maximum Gasteiger partial charge on any atom is 0.319 e. The van der Waals surface area contributed by atoms with E-state index < -0.39 is 0 Å². The number of carbonyl (C=O) groups is 1. The normalized spacial score (nSPS) is 11.2. The van der Waals surface area contributed by atoms with Crippen molar-refractivity contribution in [1.82, 2.24) is 10.1 Å². The Morgan fingerprint density at radius 2 is 2.12 bits per heavy atom. The number of hydrogen-bond acceptors (Lipinski definition) is 5. The van der Waals surface area contributed by atoms with Crippen LogP contribution in [0, 0.1) is 13.8 Å². The molecule has 96 valence electrons. The van der Waals surface area contributed by atoms with Crippen molar-refractivity contribution in [3.63, 3.8) is 0 Å². The molecule has 1 aromatic heterocycles. The summed E-state index contributed by atoms with van der Waals surface area (Å²) in [6.07, 6.45) is 0. The molecule has 5 nitrogen and oxygen atoms in total. The third-order valence-corrected chi connectivity index (χ3v) is 2.83. The van der Waals surface area contributed by atoms with Gasteiger partial charge in [0.15, 0.2) is 0 Å². The zero-order valence-electron chi connectivity index (χ0n) is 11.1. The lowest BCUT2D eigenvalue weighted by molar-refractivity contribution is -0.142. The molecule has 0 aromatic carbocycles. The first kappa shape index (κ1) is 13.7. The zero-order valence-corrected chi connectivity index (χ0v) is 11.1. The number of aromatic nitrogens is 1. The summed E-state index contributed by atoms with van der Waals surface area (Å²) in [4.78, 5) is 13.3. The highest BCUT2D eigenvalue weighted by Crippen LogP contribution is 2.16. The summed E-state index contributed by atoms with van der Waals surface area (Å²) < 4.78 is 9.81. The van der Waals surface area contributed by atoms with Gasteiger partial charge in [0.1, 0.15) is 5.76 Å². The molecule has 0 fully saturated rings. The van der Waals surface area contributed by atoms with E-state index in [1.807, 2.05) is 32.6 Å². The van der Waals surface area contributed by atoms with Gasteiger partial charge in [-0.2, -0.15) is 0 Å². The fourth-order valence-corrected chi connectivity index (χ4v) is 1.58. The highest BCUT2D eigenvalue weighted by Gasteiger charge is 2.18. The van der Waals surface area contributed by atoms with Crippen LogP contribution in [0.2, 0.25) is 0 Å². The number of rotatable bonds is 5. The SMILES string of the molecule is COC(=O)CN(Cc1c(C)noc1C)C(C)C. The molecule has 0 aliphatic rings. The number of ether oxygens (including phenoxy) is 1. The molecule has 0 radical (unpaired) electrons. The minimum Gasteiger partial charge on any atom is -0.468 e. The van der Waals surface area contributed by atoms with Gasteiger partial charge in [-0.1, -0.05) is 5.16 Å². The molecular formula is C12H20N2O3. The summed E-state index contributed by atoms with van der Waals surface area (Å²) in [6.45, 7) is 8.79. The largest absolute Gasteiger partial charge is 0.468 e. The number of esters is 1. The first-order valence-electron chi connectivity index (χ1n) is 5.68. The van der Waals surface area contributed by atoms with Crippen molar-refractivity contribution in [2.24, 2.45) is 0 Å². The first-order valence-corrected chi connectivity index (χ1v) is 5.68. The molecular weight excluding hydrogens is 220 g/mol. The highest BCUT2D eigenvalue weighted by atomic mass is 16.5. The average molecular weight is 240 g/mol. The van der Waals surface area contributed by atoms with Gasteiger partial charge in [0.05, 0.1) is 19.3 Å². The summed E-state index contributed by atoms with van der Waals surface area (Å²) in [5, 5.41) is 3.91. The Hall–Kier alpha value is -1.36. The van der Waals surface area contributed by atoms with Crippen LogP contribution in [0.15, 0.2) is 4.52 Å². The van der Waals surface area contributed by atoms with Crippen LogP contribution in [-0.2, 0) is 16.1 Å². The number of methoxy groups -OCH3 is 1. The first-order chi connectivity index (χ1) is 7.95. The van der Waals surface area contributed by atoms with Crippen LogP contribution in [0.5, 0.6) is 0 Å².